The van der Waals surface area contributed by atoms with E-state index in [1.165, 1.54) is 0 Å². The van der Waals surface area contributed by atoms with Crippen LogP contribution in [0.4, 0.5) is 5.82 Å². The van der Waals surface area contributed by atoms with Gasteiger partial charge in [-0.2, -0.15) is 0 Å². The van der Waals surface area contributed by atoms with Gasteiger partial charge < -0.3 is 4.74 Å². The van der Waals surface area contributed by atoms with Gasteiger partial charge in [0.05, 0.1) is 6.61 Å². The summed E-state index contributed by atoms with van der Waals surface area (Å²) in [4.78, 5) is 16.0. The summed E-state index contributed by atoms with van der Waals surface area (Å²) in [6.07, 6.45) is 1.81. The fourth-order valence-electron chi connectivity index (χ4n) is 2.51. The van der Waals surface area contributed by atoms with Crippen LogP contribution in [-0.2, 0) is 0 Å². The van der Waals surface area contributed by atoms with Gasteiger partial charge in [0.15, 0.2) is 0 Å². The molecule has 0 N–H and O–H groups in total. The average molecular weight is 295 g/mol. The van der Waals surface area contributed by atoms with E-state index >= 15 is 0 Å². The summed E-state index contributed by atoms with van der Waals surface area (Å²) in [5, 5.41) is 3.19. The molecule has 22 heavy (non-hydrogen) atoms. The molecule has 0 fully saturated rings. The maximum absolute atomic E-state index is 11.4. The van der Waals surface area contributed by atoms with Crippen molar-refractivity contribution in [2.24, 2.45) is 5.18 Å². The van der Waals surface area contributed by atoms with Crippen LogP contribution < -0.4 is 4.74 Å². The third kappa shape index (κ3) is 2.35. The predicted octanol–water partition coefficient (Wildman–Crippen LogP) is 4.41. The molecule has 0 spiro atoms. The molecule has 0 saturated heterocycles. The molecule has 3 aromatic rings. The highest BCUT2D eigenvalue weighted by Crippen LogP contribution is 2.37. The molecule has 3 rings (SSSR count). The topological polar surface area (TPSA) is 56.0 Å². The van der Waals surface area contributed by atoms with Crippen LogP contribution in [0, 0.1) is 18.8 Å². The Morgan fingerprint density at radius 2 is 1.95 bits per heavy atom. The zero-order valence-electron chi connectivity index (χ0n) is 12.8. The number of aromatic nitrogens is 2. The molecular formula is C17H17N3O2. The molecule has 0 amide bonds. The monoisotopic (exact) mass is 295 g/mol. The van der Waals surface area contributed by atoms with Gasteiger partial charge in [0.2, 0.25) is 5.82 Å². The summed E-state index contributed by atoms with van der Waals surface area (Å²) in [6.45, 7) is 6.45. The van der Waals surface area contributed by atoms with Crippen molar-refractivity contribution in [2.75, 3.05) is 6.61 Å². The Balaban J connectivity index is 2.30. The molecule has 0 unspecified atom stereocenters. The number of aryl methyl sites for hydroxylation is 2. The first-order chi connectivity index (χ1) is 10.6. The summed E-state index contributed by atoms with van der Waals surface area (Å²) >= 11 is 0. The minimum Gasteiger partial charge on any atom is -0.493 e. The molecular weight excluding hydrogens is 278 g/mol. The number of hydrogen-bond acceptors (Lipinski definition) is 4. The van der Waals surface area contributed by atoms with Crippen LogP contribution in [0.15, 0.2) is 41.7 Å². The fraction of sp³-hybridized carbons (Fsp3) is 0.235. The van der Waals surface area contributed by atoms with Gasteiger partial charge in [-0.15, -0.1) is 4.91 Å². The lowest BCUT2D eigenvalue weighted by Crippen LogP contribution is -1.95. The third-order valence-electron chi connectivity index (χ3n) is 3.53. The number of nitrogens with zero attached hydrogens (tertiary/aromatic N) is 3. The lowest BCUT2D eigenvalue weighted by atomic mass is 10.1. The van der Waals surface area contributed by atoms with Crippen LogP contribution in [-0.4, -0.2) is 16.0 Å². The normalized spacial score (nSPS) is 10.9. The number of ether oxygens (including phenoxy) is 1. The van der Waals surface area contributed by atoms with Crippen LogP contribution in [0.3, 0.4) is 0 Å². The smallest absolute Gasteiger partial charge is 0.209 e. The van der Waals surface area contributed by atoms with Crippen LogP contribution in [0.2, 0.25) is 0 Å². The van der Waals surface area contributed by atoms with Gasteiger partial charge in [0.1, 0.15) is 17.1 Å². The maximum Gasteiger partial charge on any atom is 0.209 e. The van der Waals surface area contributed by atoms with Crippen molar-refractivity contribution in [1.82, 2.24) is 9.38 Å². The highest BCUT2D eigenvalue weighted by Gasteiger charge is 2.18. The van der Waals surface area contributed by atoms with Crippen molar-refractivity contribution >= 4 is 11.5 Å². The first kappa shape index (κ1) is 14.3. The fourth-order valence-corrected chi connectivity index (χ4v) is 2.51. The Bertz CT molecular complexity index is 852. The number of hydrogen-bond donors (Lipinski definition) is 0. The molecule has 0 aliphatic rings. The first-order valence-electron chi connectivity index (χ1n) is 7.20. The lowest BCUT2D eigenvalue weighted by molar-refractivity contribution is 0.341. The predicted molar refractivity (Wildman–Crippen MR) is 86.7 cm³/mol. The second-order valence-electron chi connectivity index (χ2n) is 5.24. The van der Waals surface area contributed by atoms with Crippen LogP contribution in [0.1, 0.15) is 18.1 Å². The second kappa shape index (κ2) is 5.60. The standard InChI is InChI=1S/C17H17N3O2/c1-4-22-14-6-5-11(2)9-13(14)16-17(19-21)20-8-7-12(3)10-15(20)18-16/h5-10H,4H2,1-3H3. The Hall–Kier alpha value is -2.69. The van der Waals surface area contributed by atoms with E-state index in [-0.39, 0.29) is 0 Å². The summed E-state index contributed by atoms with van der Waals surface area (Å²) in [6, 6.07) is 9.69. The average Bonchev–Trinajstić information content (AvgIpc) is 2.86. The van der Waals surface area contributed by atoms with Crippen molar-refractivity contribution in [2.45, 2.75) is 20.8 Å². The Morgan fingerprint density at radius 3 is 2.68 bits per heavy atom. The minimum absolute atomic E-state index is 0.293. The van der Waals surface area contributed by atoms with E-state index in [2.05, 4.69) is 10.2 Å². The molecule has 0 bridgehead atoms. The number of benzene rings is 1. The minimum atomic E-state index is 0.293. The van der Waals surface area contributed by atoms with Crippen LogP contribution >= 0.6 is 0 Å². The Labute approximate surface area is 128 Å². The van der Waals surface area contributed by atoms with Gasteiger partial charge >= 0.3 is 0 Å². The van der Waals surface area contributed by atoms with Gasteiger partial charge in [-0.3, -0.25) is 4.40 Å². The van der Waals surface area contributed by atoms with E-state index in [1.807, 2.05) is 57.3 Å². The molecule has 0 radical (unpaired) electrons. The summed E-state index contributed by atoms with van der Waals surface area (Å²) in [5.41, 5.74) is 4.19. The molecule has 5 nitrogen and oxygen atoms in total. The van der Waals surface area contributed by atoms with E-state index < -0.39 is 0 Å². The Kier molecular flexibility index (Phi) is 3.63. The number of nitroso groups, excluding NO2 is 1. The van der Waals surface area contributed by atoms with Gasteiger partial charge in [-0.05, 0) is 55.8 Å². The number of imidazole rings is 1. The first-order valence-corrected chi connectivity index (χ1v) is 7.20. The quantitative estimate of drug-likeness (QED) is 0.670. The molecule has 0 aliphatic heterocycles. The van der Waals surface area contributed by atoms with Gasteiger partial charge in [-0.1, -0.05) is 11.6 Å². The number of rotatable bonds is 4. The molecule has 5 heteroatoms. The van der Waals surface area contributed by atoms with Gasteiger partial charge in [-0.25, -0.2) is 4.98 Å². The molecule has 0 saturated carbocycles. The molecule has 2 aromatic heterocycles. The van der Waals surface area contributed by atoms with Crippen molar-refractivity contribution in [3.63, 3.8) is 0 Å². The van der Waals surface area contributed by atoms with E-state index in [9.17, 15) is 4.91 Å². The number of fused-ring (bicyclic) bond motifs is 1. The highest BCUT2D eigenvalue weighted by molar-refractivity contribution is 5.79. The summed E-state index contributed by atoms with van der Waals surface area (Å²) in [7, 11) is 0. The van der Waals surface area contributed by atoms with Crippen molar-refractivity contribution in [3.05, 3.63) is 52.6 Å². The van der Waals surface area contributed by atoms with Gasteiger partial charge in [0.25, 0.3) is 0 Å². The highest BCUT2D eigenvalue weighted by atomic mass is 16.5. The van der Waals surface area contributed by atoms with E-state index in [0.29, 0.717) is 29.5 Å². The maximum atomic E-state index is 11.4. The second-order valence-corrected chi connectivity index (χ2v) is 5.24. The van der Waals surface area contributed by atoms with Crippen molar-refractivity contribution in [3.8, 4) is 17.0 Å². The molecule has 2 heterocycles. The SMILES string of the molecule is CCOc1ccc(C)cc1-c1nc2cc(C)ccn2c1N=O. The van der Waals surface area contributed by atoms with Gasteiger partial charge in [0, 0.05) is 11.8 Å². The summed E-state index contributed by atoms with van der Waals surface area (Å²) in [5.74, 6) is 1.000. The van der Waals surface area contributed by atoms with Crippen molar-refractivity contribution in [1.29, 1.82) is 0 Å². The van der Waals surface area contributed by atoms with E-state index in [1.54, 1.807) is 4.40 Å². The largest absolute Gasteiger partial charge is 0.493 e. The molecule has 0 aliphatic carbocycles. The Morgan fingerprint density at radius 1 is 1.18 bits per heavy atom. The van der Waals surface area contributed by atoms with Crippen LogP contribution in [0.5, 0.6) is 5.75 Å². The van der Waals surface area contributed by atoms with Crippen LogP contribution in [0.25, 0.3) is 16.9 Å². The number of pyridine rings is 1. The molecule has 0 atom stereocenters. The summed E-state index contributed by atoms with van der Waals surface area (Å²) < 4.78 is 7.37. The molecule has 112 valence electrons. The zero-order chi connectivity index (χ0) is 15.7. The zero-order valence-corrected chi connectivity index (χ0v) is 12.8. The lowest BCUT2D eigenvalue weighted by Gasteiger charge is -2.09. The third-order valence-corrected chi connectivity index (χ3v) is 3.53. The van der Waals surface area contributed by atoms with Crippen molar-refractivity contribution < 1.29 is 4.74 Å². The molecule has 1 aromatic carbocycles. The van der Waals surface area contributed by atoms with E-state index in [0.717, 1.165) is 16.7 Å². The van der Waals surface area contributed by atoms with E-state index in [4.69, 9.17) is 4.74 Å².